The number of sulfonamides is 1. The van der Waals surface area contributed by atoms with Crippen molar-refractivity contribution in [2.75, 3.05) is 20.2 Å². The molecule has 0 spiro atoms. The zero-order valence-electron chi connectivity index (χ0n) is 18.0. The van der Waals surface area contributed by atoms with Gasteiger partial charge >= 0.3 is 5.97 Å². The van der Waals surface area contributed by atoms with Crippen molar-refractivity contribution in [1.82, 2.24) is 29.1 Å². The Bertz CT molecular complexity index is 1380. The van der Waals surface area contributed by atoms with E-state index in [0.717, 1.165) is 16.8 Å². The minimum absolute atomic E-state index is 0.0778. The summed E-state index contributed by atoms with van der Waals surface area (Å²) in [5.41, 5.74) is 1.83. The van der Waals surface area contributed by atoms with Gasteiger partial charge in [-0.1, -0.05) is 0 Å². The first-order valence-corrected chi connectivity index (χ1v) is 11.7. The third kappa shape index (κ3) is 3.37. The van der Waals surface area contributed by atoms with Crippen molar-refractivity contribution in [3.05, 3.63) is 59.3 Å². The van der Waals surface area contributed by atoms with Crippen molar-refractivity contribution in [1.29, 1.82) is 0 Å². The predicted molar refractivity (Wildman–Crippen MR) is 114 cm³/mol. The molecule has 2 aliphatic rings. The summed E-state index contributed by atoms with van der Waals surface area (Å²) < 4.78 is 47.8. The Morgan fingerprint density at radius 1 is 1.18 bits per heavy atom. The minimum atomic E-state index is -3.94. The number of fused-ring (bicyclic) bond motifs is 2. The van der Waals surface area contributed by atoms with E-state index in [-0.39, 0.29) is 30.4 Å². The Labute approximate surface area is 189 Å². The number of carbonyl (C=O) groups excluding carboxylic acids is 1. The van der Waals surface area contributed by atoms with Gasteiger partial charge in [0.2, 0.25) is 5.03 Å². The first-order valence-electron chi connectivity index (χ1n) is 10.2. The van der Waals surface area contributed by atoms with E-state index in [2.05, 4.69) is 15.3 Å². The van der Waals surface area contributed by atoms with Crippen LogP contribution in [0.25, 0.3) is 11.8 Å². The van der Waals surface area contributed by atoms with Gasteiger partial charge in [-0.05, 0) is 54.3 Å². The molecule has 3 heterocycles. The SMILES string of the molecule is COC(=O)C12Cc3cnn(-c4ccc(F)cc4)c3C=C1CCN(S(=O)(=O)c1cnn(C)n1)C2. The van der Waals surface area contributed by atoms with E-state index in [4.69, 9.17) is 4.74 Å². The average Bonchev–Trinajstić information content (AvgIpc) is 3.43. The summed E-state index contributed by atoms with van der Waals surface area (Å²) >= 11 is 0. The van der Waals surface area contributed by atoms with E-state index in [9.17, 15) is 17.6 Å². The lowest BCUT2D eigenvalue weighted by Crippen LogP contribution is -2.53. The molecule has 0 saturated carbocycles. The highest BCUT2D eigenvalue weighted by atomic mass is 32.2. The van der Waals surface area contributed by atoms with Crippen molar-refractivity contribution in [2.45, 2.75) is 17.9 Å². The number of piperidine rings is 1. The number of ether oxygens (including phenoxy) is 1. The van der Waals surface area contributed by atoms with Crippen LogP contribution in [0.5, 0.6) is 0 Å². The fourth-order valence-electron chi connectivity index (χ4n) is 4.55. The maximum absolute atomic E-state index is 13.4. The van der Waals surface area contributed by atoms with Gasteiger partial charge in [0.15, 0.2) is 0 Å². The van der Waals surface area contributed by atoms with E-state index in [1.807, 2.05) is 6.08 Å². The third-order valence-corrected chi connectivity index (χ3v) is 7.92. The summed E-state index contributed by atoms with van der Waals surface area (Å²) in [7, 11) is -1.11. The summed E-state index contributed by atoms with van der Waals surface area (Å²) in [6.07, 6.45) is 5.28. The first-order chi connectivity index (χ1) is 15.7. The number of benzene rings is 1. The number of carbonyl (C=O) groups is 1. The van der Waals surface area contributed by atoms with Crippen molar-refractivity contribution >= 4 is 22.1 Å². The van der Waals surface area contributed by atoms with Crippen LogP contribution in [0, 0.1) is 11.2 Å². The molecule has 1 aliphatic heterocycles. The lowest BCUT2D eigenvalue weighted by atomic mass is 9.69. The van der Waals surface area contributed by atoms with Gasteiger partial charge in [-0.25, -0.2) is 17.5 Å². The summed E-state index contributed by atoms with van der Waals surface area (Å²) in [5.74, 6) is -0.854. The van der Waals surface area contributed by atoms with Crippen LogP contribution in [-0.2, 0) is 33.0 Å². The first kappa shape index (κ1) is 21.5. The van der Waals surface area contributed by atoms with E-state index in [1.54, 1.807) is 23.0 Å². The number of aromatic nitrogens is 5. The number of halogens is 1. The van der Waals surface area contributed by atoms with E-state index in [1.165, 1.54) is 41.6 Å². The zero-order chi connectivity index (χ0) is 23.4. The van der Waals surface area contributed by atoms with Crippen LogP contribution >= 0.6 is 0 Å². The monoisotopic (exact) mass is 472 g/mol. The summed E-state index contributed by atoms with van der Waals surface area (Å²) in [6.45, 7) is 0.106. The third-order valence-electron chi connectivity index (χ3n) is 6.21. The quantitative estimate of drug-likeness (QED) is 0.527. The molecule has 0 amide bonds. The molecule has 12 heteroatoms. The number of nitrogens with zero attached hydrogens (tertiary/aromatic N) is 6. The standard InChI is InChI=1S/C21H21FN6O4S/c1-26-23-12-19(25-26)33(30,31)27-8-7-15-9-18-14(10-21(15,13-27)20(29)32-2)11-24-28(18)17-5-3-16(22)4-6-17/h3-6,9,11-12H,7-8,10,13H2,1-2H3. The van der Waals surface area contributed by atoms with Crippen molar-refractivity contribution in [2.24, 2.45) is 12.5 Å². The summed E-state index contributed by atoms with van der Waals surface area (Å²) in [6, 6.07) is 5.96. The molecule has 172 valence electrons. The largest absolute Gasteiger partial charge is 0.468 e. The van der Waals surface area contributed by atoms with E-state index >= 15 is 0 Å². The fourth-order valence-corrected chi connectivity index (χ4v) is 5.94. The highest BCUT2D eigenvalue weighted by Gasteiger charge is 2.52. The number of hydrogen-bond acceptors (Lipinski definition) is 7. The second kappa shape index (κ2) is 7.59. The molecule has 5 rings (SSSR count). The second-order valence-corrected chi connectivity index (χ2v) is 10.0. The highest BCUT2D eigenvalue weighted by Crippen LogP contribution is 2.46. The lowest BCUT2D eigenvalue weighted by molar-refractivity contribution is -0.151. The van der Waals surface area contributed by atoms with Gasteiger partial charge in [0, 0.05) is 20.1 Å². The number of aryl methyl sites for hydroxylation is 1. The second-order valence-electron chi connectivity index (χ2n) is 8.12. The molecule has 1 atom stereocenters. The molecule has 0 radical (unpaired) electrons. The maximum Gasteiger partial charge on any atom is 0.317 e. The smallest absolute Gasteiger partial charge is 0.317 e. The van der Waals surface area contributed by atoms with Crippen LogP contribution in [0.2, 0.25) is 0 Å². The van der Waals surface area contributed by atoms with Crippen LogP contribution in [-0.4, -0.2) is 63.7 Å². The highest BCUT2D eigenvalue weighted by molar-refractivity contribution is 7.89. The molecule has 10 nitrogen and oxygen atoms in total. The molecule has 1 saturated heterocycles. The molecular formula is C21H21FN6O4S. The molecule has 1 aliphatic carbocycles. The number of methoxy groups -OCH3 is 1. The summed E-state index contributed by atoms with van der Waals surface area (Å²) in [5, 5.41) is 12.1. The van der Waals surface area contributed by atoms with Gasteiger partial charge in [-0.3, -0.25) is 4.79 Å². The van der Waals surface area contributed by atoms with Crippen molar-refractivity contribution in [3.8, 4) is 5.69 Å². The zero-order valence-corrected chi connectivity index (χ0v) is 18.8. The van der Waals surface area contributed by atoms with Crippen LogP contribution in [0.1, 0.15) is 17.7 Å². The number of esters is 1. The van der Waals surface area contributed by atoms with Gasteiger partial charge < -0.3 is 4.74 Å². The van der Waals surface area contributed by atoms with Gasteiger partial charge in [0.05, 0.1) is 30.9 Å². The normalized spacial score (nSPS) is 20.6. The Hall–Kier alpha value is -3.38. The van der Waals surface area contributed by atoms with E-state index < -0.39 is 21.4 Å². The molecular weight excluding hydrogens is 451 g/mol. The van der Waals surface area contributed by atoms with Crippen molar-refractivity contribution < 1.29 is 22.3 Å². The minimum Gasteiger partial charge on any atom is -0.468 e. The Morgan fingerprint density at radius 2 is 1.94 bits per heavy atom. The lowest BCUT2D eigenvalue weighted by Gasteiger charge is -2.43. The topological polar surface area (TPSA) is 112 Å². The Balaban J connectivity index is 1.55. The van der Waals surface area contributed by atoms with Crippen LogP contribution in [0.3, 0.4) is 0 Å². The van der Waals surface area contributed by atoms with Crippen LogP contribution in [0.15, 0.2) is 47.3 Å². The molecule has 0 bridgehead atoms. The molecule has 1 fully saturated rings. The molecule has 1 aromatic carbocycles. The van der Waals surface area contributed by atoms with Gasteiger partial charge in [-0.2, -0.15) is 19.3 Å². The van der Waals surface area contributed by atoms with Gasteiger partial charge in [0.1, 0.15) is 11.2 Å². The molecule has 2 aromatic heterocycles. The number of hydrogen-bond donors (Lipinski definition) is 0. The van der Waals surface area contributed by atoms with Crippen LogP contribution < -0.4 is 0 Å². The van der Waals surface area contributed by atoms with E-state index in [0.29, 0.717) is 12.1 Å². The Kier molecular flexibility index (Phi) is 4.94. The molecule has 3 aromatic rings. The van der Waals surface area contributed by atoms with Gasteiger partial charge in [-0.15, -0.1) is 5.10 Å². The molecule has 1 unspecified atom stereocenters. The molecule has 33 heavy (non-hydrogen) atoms. The maximum atomic E-state index is 13.4. The summed E-state index contributed by atoms with van der Waals surface area (Å²) in [4.78, 5) is 14.3. The molecule has 0 N–H and O–H groups in total. The Morgan fingerprint density at radius 3 is 2.61 bits per heavy atom. The average molecular weight is 473 g/mol. The van der Waals surface area contributed by atoms with Gasteiger partial charge in [0.25, 0.3) is 10.0 Å². The number of rotatable bonds is 4. The fraction of sp³-hybridized carbons (Fsp3) is 0.333. The predicted octanol–water partition coefficient (Wildman–Crippen LogP) is 1.33. The van der Waals surface area contributed by atoms with Crippen molar-refractivity contribution in [3.63, 3.8) is 0 Å². The van der Waals surface area contributed by atoms with Crippen LogP contribution in [0.4, 0.5) is 4.39 Å².